The molecule has 0 amide bonds. The fourth-order valence-corrected chi connectivity index (χ4v) is 2.34. The first-order chi connectivity index (χ1) is 12.2. The number of rotatable bonds is 7. The summed E-state index contributed by atoms with van der Waals surface area (Å²) in [6, 6.07) is 13.7. The zero-order valence-corrected chi connectivity index (χ0v) is 13.9. The van der Waals surface area contributed by atoms with Crippen LogP contribution in [0.4, 0.5) is 10.1 Å². The van der Waals surface area contributed by atoms with Crippen LogP contribution in [0.3, 0.4) is 0 Å². The lowest BCUT2D eigenvalue weighted by Crippen LogP contribution is -2.07. The van der Waals surface area contributed by atoms with Crippen LogP contribution in [0.2, 0.25) is 0 Å². The van der Waals surface area contributed by atoms with Crippen LogP contribution in [-0.2, 0) is 4.74 Å². The number of anilines is 1. The zero-order valence-electron chi connectivity index (χ0n) is 13.9. The van der Waals surface area contributed by atoms with Gasteiger partial charge < -0.3 is 15.2 Å². The number of benzene rings is 2. The van der Waals surface area contributed by atoms with Gasteiger partial charge in [-0.05, 0) is 37.3 Å². The minimum Gasteiger partial charge on any atom is -0.460 e. The number of ether oxygens (including phenoxy) is 2. The van der Waals surface area contributed by atoms with E-state index in [1.807, 2.05) is 13.0 Å². The Morgan fingerprint density at radius 3 is 2.72 bits per heavy atom. The highest BCUT2D eigenvalue weighted by atomic mass is 19.1. The van der Waals surface area contributed by atoms with Crippen molar-refractivity contribution < 1.29 is 13.9 Å². The highest BCUT2D eigenvalue weighted by Crippen LogP contribution is 2.26. The minimum atomic E-state index is -0.388. The Kier molecular flexibility index (Phi) is 5.25. The third kappa shape index (κ3) is 3.95. The topological polar surface area (TPSA) is 75.2 Å². The molecule has 130 valence electrons. The molecule has 25 heavy (non-hydrogen) atoms. The van der Waals surface area contributed by atoms with Crippen molar-refractivity contribution in [3.63, 3.8) is 0 Å². The fourth-order valence-electron chi connectivity index (χ4n) is 2.34. The van der Waals surface area contributed by atoms with Crippen molar-refractivity contribution in [3.05, 3.63) is 54.3 Å². The molecule has 2 N–H and O–H groups in total. The molecule has 0 radical (unpaired) electrons. The summed E-state index contributed by atoms with van der Waals surface area (Å²) in [6.45, 7) is 3.25. The molecule has 0 bridgehead atoms. The van der Waals surface area contributed by atoms with Crippen molar-refractivity contribution in [2.24, 2.45) is 0 Å². The second-order valence-corrected chi connectivity index (χ2v) is 5.25. The normalized spacial score (nSPS) is 10.8. The lowest BCUT2D eigenvalue weighted by atomic mass is 10.2. The molecule has 3 rings (SSSR count). The van der Waals surface area contributed by atoms with E-state index in [4.69, 9.17) is 15.2 Å². The minimum absolute atomic E-state index is 0.153. The third-order valence-corrected chi connectivity index (χ3v) is 3.48. The Labute approximate surface area is 145 Å². The van der Waals surface area contributed by atoms with Crippen molar-refractivity contribution in [2.45, 2.75) is 6.92 Å². The maximum atomic E-state index is 14.2. The van der Waals surface area contributed by atoms with Gasteiger partial charge in [0.15, 0.2) is 5.82 Å². The SMILES string of the molecule is CCOCCOc1nc(-c2ccccc2F)n(-c2cccc(N)c2)n1. The van der Waals surface area contributed by atoms with Gasteiger partial charge in [0.2, 0.25) is 0 Å². The molecular formula is C18H19FN4O2. The first-order valence-electron chi connectivity index (χ1n) is 7.97. The van der Waals surface area contributed by atoms with Crippen LogP contribution in [0.5, 0.6) is 6.01 Å². The Hall–Kier alpha value is -2.93. The highest BCUT2D eigenvalue weighted by Gasteiger charge is 2.17. The molecule has 0 atom stereocenters. The van der Waals surface area contributed by atoms with Gasteiger partial charge in [-0.15, -0.1) is 5.10 Å². The van der Waals surface area contributed by atoms with Crippen molar-refractivity contribution >= 4 is 5.69 Å². The Morgan fingerprint density at radius 2 is 1.96 bits per heavy atom. The van der Waals surface area contributed by atoms with Gasteiger partial charge in [-0.1, -0.05) is 18.2 Å². The molecule has 1 aromatic heterocycles. The predicted octanol–water partition coefficient (Wildman–Crippen LogP) is 3.07. The predicted molar refractivity (Wildman–Crippen MR) is 93.2 cm³/mol. The molecule has 0 aliphatic heterocycles. The lowest BCUT2D eigenvalue weighted by molar-refractivity contribution is 0.106. The van der Waals surface area contributed by atoms with Crippen LogP contribution in [0.25, 0.3) is 17.1 Å². The molecule has 7 heteroatoms. The number of nitrogen functional groups attached to an aromatic ring is 1. The molecule has 6 nitrogen and oxygen atoms in total. The third-order valence-electron chi connectivity index (χ3n) is 3.48. The molecule has 0 saturated carbocycles. The van der Waals surface area contributed by atoms with Crippen molar-refractivity contribution in [1.82, 2.24) is 14.8 Å². The van der Waals surface area contributed by atoms with E-state index >= 15 is 0 Å². The molecule has 0 unspecified atom stereocenters. The van der Waals surface area contributed by atoms with Crippen LogP contribution in [0.1, 0.15) is 6.92 Å². The average Bonchev–Trinajstić information content (AvgIpc) is 3.03. The first kappa shape index (κ1) is 16.9. The molecular weight excluding hydrogens is 323 g/mol. The molecule has 2 aromatic carbocycles. The highest BCUT2D eigenvalue weighted by molar-refractivity contribution is 5.60. The van der Waals surface area contributed by atoms with Crippen LogP contribution < -0.4 is 10.5 Å². The van der Waals surface area contributed by atoms with E-state index in [1.54, 1.807) is 36.4 Å². The van der Waals surface area contributed by atoms with Crippen molar-refractivity contribution in [3.8, 4) is 23.1 Å². The van der Waals surface area contributed by atoms with Crippen molar-refractivity contribution in [2.75, 3.05) is 25.6 Å². The Morgan fingerprint density at radius 1 is 1.12 bits per heavy atom. The Balaban J connectivity index is 1.99. The van der Waals surface area contributed by atoms with E-state index in [2.05, 4.69) is 10.1 Å². The number of nitrogens with two attached hydrogens (primary N) is 1. The molecule has 0 aliphatic rings. The number of aromatic nitrogens is 3. The van der Waals surface area contributed by atoms with Gasteiger partial charge in [-0.3, -0.25) is 0 Å². The second kappa shape index (κ2) is 7.76. The summed E-state index contributed by atoms with van der Waals surface area (Å²) in [6.07, 6.45) is 0. The van der Waals surface area contributed by atoms with Gasteiger partial charge in [-0.25, -0.2) is 9.07 Å². The number of halogens is 1. The average molecular weight is 342 g/mol. The van der Waals surface area contributed by atoms with Crippen molar-refractivity contribution in [1.29, 1.82) is 0 Å². The van der Waals surface area contributed by atoms with Crippen LogP contribution >= 0.6 is 0 Å². The smallest absolute Gasteiger partial charge is 0.336 e. The summed E-state index contributed by atoms with van der Waals surface area (Å²) in [4.78, 5) is 4.34. The number of hydrogen-bond donors (Lipinski definition) is 1. The molecule has 0 spiro atoms. The van der Waals surface area contributed by atoms with Crippen LogP contribution in [0, 0.1) is 5.82 Å². The monoisotopic (exact) mass is 342 g/mol. The summed E-state index contributed by atoms with van der Waals surface area (Å²) < 4.78 is 26.5. The first-order valence-corrected chi connectivity index (χ1v) is 7.97. The van der Waals surface area contributed by atoms with E-state index in [-0.39, 0.29) is 11.8 Å². The molecule has 1 heterocycles. The van der Waals surface area contributed by atoms with E-state index in [1.165, 1.54) is 10.7 Å². The van der Waals surface area contributed by atoms with E-state index in [0.717, 1.165) is 0 Å². The lowest BCUT2D eigenvalue weighted by Gasteiger charge is -2.07. The zero-order chi connectivity index (χ0) is 17.6. The summed E-state index contributed by atoms with van der Waals surface area (Å²) in [7, 11) is 0. The summed E-state index contributed by atoms with van der Waals surface area (Å²) in [5.41, 5.74) is 7.43. The number of nitrogens with zero attached hydrogens (tertiary/aromatic N) is 3. The second-order valence-electron chi connectivity index (χ2n) is 5.25. The van der Waals surface area contributed by atoms with Crippen LogP contribution in [0.15, 0.2) is 48.5 Å². The maximum absolute atomic E-state index is 14.2. The van der Waals surface area contributed by atoms with Gasteiger partial charge >= 0.3 is 6.01 Å². The van der Waals surface area contributed by atoms with E-state index in [9.17, 15) is 4.39 Å². The maximum Gasteiger partial charge on any atom is 0.336 e. The summed E-state index contributed by atoms with van der Waals surface area (Å²) in [5, 5.41) is 4.34. The standard InChI is InChI=1S/C18H19FN4O2/c1-2-24-10-11-25-18-21-17(15-8-3-4-9-16(15)19)23(22-18)14-7-5-6-13(20)12-14/h3-9,12H,2,10-11,20H2,1H3. The van der Waals surface area contributed by atoms with E-state index in [0.29, 0.717) is 42.6 Å². The van der Waals surface area contributed by atoms with Gasteiger partial charge in [-0.2, -0.15) is 4.98 Å². The Bertz CT molecular complexity index is 851. The largest absolute Gasteiger partial charge is 0.460 e. The number of hydrogen-bond acceptors (Lipinski definition) is 5. The van der Waals surface area contributed by atoms with Gasteiger partial charge in [0.1, 0.15) is 12.4 Å². The molecule has 0 saturated heterocycles. The van der Waals surface area contributed by atoms with Gasteiger partial charge in [0.25, 0.3) is 0 Å². The van der Waals surface area contributed by atoms with Gasteiger partial charge in [0.05, 0.1) is 17.9 Å². The molecule has 0 aliphatic carbocycles. The van der Waals surface area contributed by atoms with Crippen LogP contribution in [-0.4, -0.2) is 34.6 Å². The summed E-state index contributed by atoms with van der Waals surface area (Å²) in [5.74, 6) is -0.0453. The molecule has 3 aromatic rings. The molecule has 0 fully saturated rings. The van der Waals surface area contributed by atoms with E-state index < -0.39 is 0 Å². The summed E-state index contributed by atoms with van der Waals surface area (Å²) >= 11 is 0. The quantitative estimate of drug-likeness (QED) is 0.527. The van der Waals surface area contributed by atoms with Gasteiger partial charge in [0, 0.05) is 12.3 Å². The fraction of sp³-hybridized carbons (Fsp3) is 0.222.